The minimum Gasteiger partial charge on any atom is -0.479 e. The van der Waals surface area contributed by atoms with Gasteiger partial charge in [-0.2, -0.15) is 0 Å². The molecule has 0 bridgehead atoms. The van der Waals surface area contributed by atoms with Crippen LogP contribution in [0.1, 0.15) is 0 Å². The maximum absolute atomic E-state index is 10.1. The second-order valence-corrected chi connectivity index (χ2v) is 2.55. The summed E-state index contributed by atoms with van der Waals surface area (Å²) in [6.07, 6.45) is -9.28. The zero-order chi connectivity index (χ0) is 11.5. The van der Waals surface area contributed by atoms with E-state index in [2.05, 4.69) is 0 Å². The molecule has 4 atom stereocenters. The number of rotatable bonds is 5. The summed E-state index contributed by atoms with van der Waals surface area (Å²) in [7, 11) is 0. The molecule has 0 heterocycles. The van der Waals surface area contributed by atoms with Crippen molar-refractivity contribution < 1.29 is 62.8 Å². The van der Waals surface area contributed by atoms with Crippen LogP contribution in [0.25, 0.3) is 0 Å². The molecule has 0 rings (SSSR count). The Balaban J connectivity index is -0.000000845. The van der Waals surface area contributed by atoms with E-state index in [0.29, 0.717) is 0 Å². The van der Waals surface area contributed by atoms with Gasteiger partial charge >= 0.3 is 11.9 Å². The van der Waals surface area contributed by atoms with Gasteiger partial charge in [0.2, 0.25) is 0 Å². The summed E-state index contributed by atoms with van der Waals surface area (Å²) in [5, 5.41) is 51.5. The molecule has 98 valence electrons. The molecular formula is C6H12FeO9. The molecule has 0 aliphatic heterocycles. The van der Waals surface area contributed by atoms with E-state index < -0.39 is 36.4 Å². The second kappa shape index (κ2) is 8.42. The Morgan fingerprint density at radius 3 is 1.06 bits per heavy atom. The molecule has 0 aromatic rings. The first-order valence-corrected chi connectivity index (χ1v) is 3.47. The van der Waals surface area contributed by atoms with Gasteiger partial charge in [0.05, 0.1) is 0 Å². The van der Waals surface area contributed by atoms with E-state index in [1.165, 1.54) is 0 Å². The molecule has 0 saturated heterocycles. The third-order valence-electron chi connectivity index (χ3n) is 1.50. The van der Waals surface area contributed by atoms with Crippen LogP contribution in [0, 0.1) is 0 Å². The molecule has 0 aliphatic rings. The van der Waals surface area contributed by atoms with E-state index in [-0.39, 0.29) is 22.5 Å². The molecule has 0 aromatic carbocycles. The van der Waals surface area contributed by atoms with Gasteiger partial charge in [-0.15, -0.1) is 0 Å². The molecule has 0 saturated carbocycles. The molecule has 0 aliphatic carbocycles. The smallest absolute Gasteiger partial charge is 0.335 e. The summed E-state index contributed by atoms with van der Waals surface area (Å²) < 4.78 is 0. The van der Waals surface area contributed by atoms with Crippen molar-refractivity contribution >= 4 is 11.9 Å². The van der Waals surface area contributed by atoms with Gasteiger partial charge in [-0.05, 0) is 0 Å². The van der Waals surface area contributed by atoms with E-state index in [1.54, 1.807) is 0 Å². The predicted molar refractivity (Wildman–Crippen MR) is 42.9 cm³/mol. The van der Waals surface area contributed by atoms with Crippen LogP contribution in [-0.4, -0.2) is 72.5 Å². The van der Waals surface area contributed by atoms with Gasteiger partial charge in [-0.3, -0.25) is 0 Å². The number of carboxylic acid groups (broad SMARTS) is 2. The van der Waals surface area contributed by atoms with Crippen molar-refractivity contribution in [3.63, 3.8) is 0 Å². The van der Waals surface area contributed by atoms with E-state index in [4.69, 9.17) is 30.6 Å². The first kappa shape index (κ1) is 20.6. The molecule has 8 N–H and O–H groups in total. The first-order valence-electron chi connectivity index (χ1n) is 3.47. The first-order chi connectivity index (χ1) is 6.29. The van der Waals surface area contributed by atoms with Crippen LogP contribution in [0.4, 0.5) is 0 Å². The third-order valence-corrected chi connectivity index (χ3v) is 1.50. The predicted octanol–water partition coefficient (Wildman–Crippen LogP) is -4.23. The van der Waals surface area contributed by atoms with Gasteiger partial charge in [0, 0.05) is 17.1 Å². The number of carboxylic acids is 2. The van der Waals surface area contributed by atoms with E-state index in [9.17, 15) is 9.59 Å². The molecule has 0 amide bonds. The molecule has 0 fully saturated rings. The average molecular weight is 284 g/mol. The Bertz CT molecular complexity index is 208. The second-order valence-electron chi connectivity index (χ2n) is 2.55. The zero-order valence-electron chi connectivity index (χ0n) is 7.66. The molecule has 0 aromatic heterocycles. The van der Waals surface area contributed by atoms with Crippen LogP contribution in [0.2, 0.25) is 0 Å². The molecule has 9 nitrogen and oxygen atoms in total. The summed E-state index contributed by atoms with van der Waals surface area (Å²) in [6.45, 7) is 0. The fourth-order valence-corrected chi connectivity index (χ4v) is 0.666. The minimum absolute atomic E-state index is 0. The number of hydrogen-bond acceptors (Lipinski definition) is 6. The zero-order valence-corrected chi connectivity index (χ0v) is 8.77. The number of aliphatic hydroxyl groups is 4. The van der Waals surface area contributed by atoms with E-state index in [1.807, 2.05) is 0 Å². The summed E-state index contributed by atoms with van der Waals surface area (Å²) in [5.41, 5.74) is 0. The molecule has 16 heavy (non-hydrogen) atoms. The van der Waals surface area contributed by atoms with Gasteiger partial charge < -0.3 is 36.1 Å². The van der Waals surface area contributed by atoms with Gasteiger partial charge in [-0.25, -0.2) is 9.59 Å². The monoisotopic (exact) mass is 284 g/mol. The quantitative estimate of drug-likeness (QED) is 0.274. The van der Waals surface area contributed by atoms with Crippen LogP contribution in [0.5, 0.6) is 0 Å². The van der Waals surface area contributed by atoms with Gasteiger partial charge in [0.1, 0.15) is 12.2 Å². The van der Waals surface area contributed by atoms with Crippen molar-refractivity contribution in [1.29, 1.82) is 0 Å². The summed E-state index contributed by atoms with van der Waals surface area (Å²) in [4.78, 5) is 20.2. The van der Waals surface area contributed by atoms with Crippen LogP contribution in [0.15, 0.2) is 0 Å². The van der Waals surface area contributed by atoms with Crippen molar-refractivity contribution in [2.24, 2.45) is 0 Å². The number of aliphatic hydroxyl groups excluding tert-OH is 4. The molecular weight excluding hydrogens is 272 g/mol. The van der Waals surface area contributed by atoms with Crippen molar-refractivity contribution in [2.45, 2.75) is 24.4 Å². The maximum atomic E-state index is 10.1. The Kier molecular flexibility index (Phi) is 10.9. The number of hydrogen-bond donors (Lipinski definition) is 6. The number of aliphatic carboxylic acids is 2. The van der Waals surface area contributed by atoms with Crippen LogP contribution >= 0.6 is 0 Å². The third kappa shape index (κ3) is 5.37. The van der Waals surface area contributed by atoms with Gasteiger partial charge in [-0.1, -0.05) is 0 Å². The summed E-state index contributed by atoms with van der Waals surface area (Å²) in [6, 6.07) is 0. The summed E-state index contributed by atoms with van der Waals surface area (Å²) in [5.74, 6) is -3.68. The Morgan fingerprint density at radius 2 is 0.938 bits per heavy atom. The normalized spacial score (nSPS) is 17.0. The Morgan fingerprint density at radius 1 is 0.750 bits per heavy atom. The van der Waals surface area contributed by atoms with Crippen molar-refractivity contribution in [1.82, 2.24) is 0 Å². The van der Waals surface area contributed by atoms with E-state index >= 15 is 0 Å². The minimum atomic E-state index is -2.36. The van der Waals surface area contributed by atoms with Crippen molar-refractivity contribution in [3.05, 3.63) is 0 Å². The Labute approximate surface area is 99.7 Å². The topological polar surface area (TPSA) is 187 Å². The summed E-state index contributed by atoms with van der Waals surface area (Å²) >= 11 is 0. The molecule has 0 unspecified atom stereocenters. The fourth-order valence-electron chi connectivity index (χ4n) is 0.666. The van der Waals surface area contributed by atoms with Crippen LogP contribution < -0.4 is 0 Å². The molecule has 0 radical (unpaired) electrons. The van der Waals surface area contributed by atoms with E-state index in [0.717, 1.165) is 0 Å². The van der Waals surface area contributed by atoms with Crippen LogP contribution in [-0.2, 0) is 26.7 Å². The van der Waals surface area contributed by atoms with Crippen LogP contribution in [0.3, 0.4) is 0 Å². The maximum Gasteiger partial charge on any atom is 0.335 e. The van der Waals surface area contributed by atoms with Crippen molar-refractivity contribution in [3.8, 4) is 0 Å². The standard InChI is InChI=1S/C6H10O8.Fe.H2O/c7-1(3(9)5(11)12)2(8)4(10)6(13)14;;/h1-4,7-10H,(H,11,12)(H,13,14);;1H2/t1-,2+,3-,4-;;/m1../s1. The van der Waals surface area contributed by atoms with Crippen molar-refractivity contribution in [2.75, 3.05) is 0 Å². The fraction of sp³-hybridized carbons (Fsp3) is 0.667. The molecule has 10 heteroatoms. The SMILES string of the molecule is O.O=C(O)[C@H](O)[C@H](O)[C@H](O)[C@@H](O)C(=O)O.[Fe]. The number of carbonyl (C=O) groups is 2. The largest absolute Gasteiger partial charge is 0.479 e. The van der Waals surface area contributed by atoms with Gasteiger partial charge in [0.15, 0.2) is 12.2 Å². The van der Waals surface area contributed by atoms with Gasteiger partial charge in [0.25, 0.3) is 0 Å². The molecule has 0 spiro atoms. The average Bonchev–Trinajstić information content (AvgIpc) is 2.12. The Hall–Kier alpha value is -0.741.